The Morgan fingerprint density at radius 3 is 2.15 bits per heavy atom. The fourth-order valence-corrected chi connectivity index (χ4v) is 2.85. The molecule has 1 aliphatic rings. The highest BCUT2D eigenvalue weighted by atomic mass is 16.2. The average molecular weight is 282 g/mol. The zero-order chi connectivity index (χ0) is 15.4. The van der Waals surface area contributed by atoms with Crippen LogP contribution in [0.15, 0.2) is 0 Å². The Bertz CT molecular complexity index is 356. The molecule has 0 aromatic carbocycles. The highest BCUT2D eigenvalue weighted by Gasteiger charge is 2.43. The Balaban J connectivity index is 3.06. The van der Waals surface area contributed by atoms with Gasteiger partial charge in [0.2, 0.25) is 11.8 Å². The summed E-state index contributed by atoms with van der Waals surface area (Å²) in [6.45, 7) is 12.4. The Morgan fingerprint density at radius 1 is 1.10 bits per heavy atom. The summed E-state index contributed by atoms with van der Waals surface area (Å²) >= 11 is 0. The maximum absolute atomic E-state index is 12.8. The molecule has 0 saturated carbocycles. The van der Waals surface area contributed by atoms with Gasteiger partial charge in [0, 0.05) is 6.04 Å². The lowest BCUT2D eigenvalue weighted by atomic mass is 9.90. The Morgan fingerprint density at radius 2 is 1.70 bits per heavy atom. The molecule has 0 aromatic heterocycles. The molecule has 0 aliphatic carbocycles. The van der Waals surface area contributed by atoms with Crippen LogP contribution in [0.25, 0.3) is 0 Å². The van der Waals surface area contributed by atoms with Crippen LogP contribution in [-0.2, 0) is 9.59 Å². The van der Waals surface area contributed by atoms with E-state index in [0.29, 0.717) is 12.3 Å². The maximum Gasteiger partial charge on any atom is 0.246 e. The Labute approximate surface area is 123 Å². The molecule has 1 heterocycles. The van der Waals surface area contributed by atoms with E-state index < -0.39 is 0 Å². The average Bonchev–Trinajstić information content (AvgIpc) is 2.46. The third-order valence-corrected chi connectivity index (χ3v) is 4.96. The molecule has 5 unspecified atom stereocenters. The maximum atomic E-state index is 12.8. The lowest BCUT2D eigenvalue weighted by Crippen LogP contribution is -2.67. The van der Waals surface area contributed by atoms with Crippen molar-refractivity contribution in [1.82, 2.24) is 10.2 Å². The zero-order valence-electron chi connectivity index (χ0n) is 13.8. The van der Waals surface area contributed by atoms with Crippen molar-refractivity contribution in [2.45, 2.75) is 78.9 Å². The van der Waals surface area contributed by atoms with E-state index >= 15 is 0 Å². The van der Waals surface area contributed by atoms with Crippen molar-refractivity contribution >= 4 is 11.8 Å². The van der Waals surface area contributed by atoms with Gasteiger partial charge in [-0.15, -0.1) is 0 Å². The molecular formula is C16H30N2O2. The number of rotatable bonds is 6. The van der Waals surface area contributed by atoms with Crippen LogP contribution in [0.1, 0.15) is 60.8 Å². The minimum atomic E-state index is -0.359. The number of piperazine rings is 1. The first-order chi connectivity index (χ1) is 9.38. The van der Waals surface area contributed by atoms with Crippen LogP contribution in [-0.4, -0.2) is 34.8 Å². The zero-order valence-corrected chi connectivity index (χ0v) is 13.8. The lowest BCUT2D eigenvalue weighted by molar-refractivity contribution is -0.154. The molecule has 0 radical (unpaired) electrons. The first-order valence-electron chi connectivity index (χ1n) is 8.01. The van der Waals surface area contributed by atoms with E-state index in [2.05, 4.69) is 33.0 Å². The van der Waals surface area contributed by atoms with Gasteiger partial charge >= 0.3 is 0 Å². The van der Waals surface area contributed by atoms with E-state index in [1.54, 1.807) is 0 Å². The number of hydrogen-bond donors (Lipinski definition) is 1. The fraction of sp³-hybridized carbons (Fsp3) is 0.875. The van der Waals surface area contributed by atoms with Gasteiger partial charge in [-0.2, -0.15) is 0 Å². The van der Waals surface area contributed by atoms with E-state index in [1.807, 2.05) is 18.7 Å². The topological polar surface area (TPSA) is 49.4 Å². The first-order valence-corrected chi connectivity index (χ1v) is 8.01. The molecule has 5 atom stereocenters. The van der Waals surface area contributed by atoms with Crippen molar-refractivity contribution in [2.75, 3.05) is 0 Å². The van der Waals surface area contributed by atoms with Gasteiger partial charge in [0.05, 0.1) is 0 Å². The normalized spacial score (nSPS) is 28.0. The standard InChI is InChI=1S/C16H30N2O2/c1-7-10(4)12(6)18-13(9-3)15(19)17-14(16(18)20)11(5)8-2/h10-14H,7-9H2,1-6H3,(H,17,19). The third-order valence-electron chi connectivity index (χ3n) is 4.96. The molecule has 2 amide bonds. The molecule has 1 fully saturated rings. The minimum Gasteiger partial charge on any atom is -0.342 e. The summed E-state index contributed by atoms with van der Waals surface area (Å²) in [5.74, 6) is 0.679. The summed E-state index contributed by atoms with van der Waals surface area (Å²) in [6.07, 6.45) is 2.57. The SMILES string of the molecule is CCC(C)C1NC(=O)C(CC)N(C(C)C(C)CC)C1=O. The second-order valence-corrected chi connectivity index (χ2v) is 6.17. The highest BCUT2D eigenvalue weighted by molar-refractivity contribution is 5.97. The molecular weight excluding hydrogens is 252 g/mol. The molecule has 20 heavy (non-hydrogen) atoms. The van der Waals surface area contributed by atoms with E-state index in [0.717, 1.165) is 12.8 Å². The summed E-state index contributed by atoms with van der Waals surface area (Å²) in [6, 6.07) is -0.566. The second kappa shape index (κ2) is 7.09. The van der Waals surface area contributed by atoms with Gasteiger partial charge in [-0.1, -0.05) is 47.5 Å². The van der Waals surface area contributed by atoms with Crippen molar-refractivity contribution in [3.05, 3.63) is 0 Å². The molecule has 1 saturated heterocycles. The van der Waals surface area contributed by atoms with Crippen LogP contribution in [0.2, 0.25) is 0 Å². The van der Waals surface area contributed by atoms with Crippen LogP contribution in [0.3, 0.4) is 0 Å². The smallest absolute Gasteiger partial charge is 0.246 e. The predicted molar refractivity (Wildman–Crippen MR) is 81.2 cm³/mol. The van der Waals surface area contributed by atoms with Crippen LogP contribution < -0.4 is 5.32 Å². The number of nitrogens with one attached hydrogen (secondary N) is 1. The molecule has 0 spiro atoms. The van der Waals surface area contributed by atoms with Crippen molar-refractivity contribution in [1.29, 1.82) is 0 Å². The lowest BCUT2D eigenvalue weighted by Gasteiger charge is -2.45. The van der Waals surface area contributed by atoms with Crippen LogP contribution in [0.4, 0.5) is 0 Å². The molecule has 1 N–H and O–H groups in total. The Hall–Kier alpha value is -1.06. The quantitative estimate of drug-likeness (QED) is 0.814. The van der Waals surface area contributed by atoms with E-state index in [4.69, 9.17) is 0 Å². The van der Waals surface area contributed by atoms with Crippen molar-refractivity contribution in [3.63, 3.8) is 0 Å². The van der Waals surface area contributed by atoms with Crippen LogP contribution >= 0.6 is 0 Å². The monoisotopic (exact) mass is 282 g/mol. The number of amides is 2. The molecule has 1 rings (SSSR count). The summed E-state index contributed by atoms with van der Waals surface area (Å²) in [7, 11) is 0. The molecule has 0 aromatic rings. The predicted octanol–water partition coefficient (Wildman–Crippen LogP) is 2.57. The first kappa shape index (κ1) is 17.0. The number of carbonyl (C=O) groups is 2. The van der Waals surface area contributed by atoms with Crippen LogP contribution in [0, 0.1) is 11.8 Å². The third kappa shape index (κ3) is 3.15. The highest BCUT2D eigenvalue weighted by Crippen LogP contribution is 2.25. The van der Waals surface area contributed by atoms with Crippen LogP contribution in [0.5, 0.6) is 0 Å². The van der Waals surface area contributed by atoms with Gasteiger partial charge in [0.25, 0.3) is 0 Å². The second-order valence-electron chi connectivity index (χ2n) is 6.17. The van der Waals surface area contributed by atoms with Gasteiger partial charge in [-0.3, -0.25) is 9.59 Å². The molecule has 4 heteroatoms. The van der Waals surface area contributed by atoms with Gasteiger partial charge < -0.3 is 10.2 Å². The van der Waals surface area contributed by atoms with Gasteiger partial charge in [0.1, 0.15) is 12.1 Å². The van der Waals surface area contributed by atoms with Crippen molar-refractivity contribution < 1.29 is 9.59 Å². The van der Waals surface area contributed by atoms with Crippen molar-refractivity contribution in [3.8, 4) is 0 Å². The number of carbonyl (C=O) groups excluding carboxylic acids is 2. The summed E-state index contributed by atoms with van der Waals surface area (Å²) in [5, 5.41) is 2.93. The molecule has 4 nitrogen and oxygen atoms in total. The molecule has 0 bridgehead atoms. The summed E-state index contributed by atoms with van der Waals surface area (Å²) in [4.78, 5) is 27.0. The summed E-state index contributed by atoms with van der Waals surface area (Å²) < 4.78 is 0. The van der Waals surface area contributed by atoms with E-state index in [-0.39, 0.29) is 35.9 Å². The van der Waals surface area contributed by atoms with Gasteiger partial charge in [-0.25, -0.2) is 0 Å². The van der Waals surface area contributed by atoms with Gasteiger partial charge in [-0.05, 0) is 25.2 Å². The minimum absolute atomic E-state index is 0.00699. The van der Waals surface area contributed by atoms with Gasteiger partial charge in [0.15, 0.2) is 0 Å². The fourth-order valence-electron chi connectivity index (χ4n) is 2.85. The molecule has 1 aliphatic heterocycles. The summed E-state index contributed by atoms with van der Waals surface area (Å²) in [5.41, 5.74) is 0. The van der Waals surface area contributed by atoms with E-state index in [1.165, 1.54) is 0 Å². The molecule has 116 valence electrons. The number of nitrogens with zero attached hydrogens (tertiary/aromatic N) is 1. The number of hydrogen-bond acceptors (Lipinski definition) is 2. The van der Waals surface area contributed by atoms with Crippen molar-refractivity contribution in [2.24, 2.45) is 11.8 Å². The Kier molecular flexibility index (Phi) is 6.03. The largest absolute Gasteiger partial charge is 0.342 e. The van der Waals surface area contributed by atoms with E-state index in [9.17, 15) is 9.59 Å².